The van der Waals surface area contributed by atoms with Crippen LogP contribution in [0.1, 0.15) is 25.0 Å². The van der Waals surface area contributed by atoms with Crippen molar-refractivity contribution in [2.45, 2.75) is 26.6 Å². The van der Waals surface area contributed by atoms with Crippen LogP contribution in [0.2, 0.25) is 0 Å². The number of anilines is 1. The Morgan fingerprint density at radius 3 is 2.50 bits per heavy atom. The Morgan fingerprint density at radius 1 is 1.07 bits per heavy atom. The summed E-state index contributed by atoms with van der Waals surface area (Å²) in [6, 6.07) is 9.58. The summed E-state index contributed by atoms with van der Waals surface area (Å²) >= 11 is 0. The van der Waals surface area contributed by atoms with E-state index in [1.165, 1.54) is 12.1 Å². The summed E-state index contributed by atoms with van der Waals surface area (Å²) in [6.45, 7) is 3.99. The molecule has 10 nitrogen and oxygen atoms in total. The number of rotatable bonds is 5. The fourth-order valence-corrected chi connectivity index (χ4v) is 4.11. The highest BCUT2D eigenvalue weighted by Crippen LogP contribution is 2.34. The molecule has 4 aromatic heterocycles. The number of hydrogen-bond acceptors (Lipinski definition) is 8. The number of benzene rings is 2. The maximum Gasteiger partial charge on any atom is 0.416 e. The minimum absolute atomic E-state index is 0.00897. The highest BCUT2D eigenvalue weighted by molar-refractivity contribution is 5.91. The normalized spacial score (nSPS) is 11.2. The fourth-order valence-electron chi connectivity index (χ4n) is 4.11. The van der Waals surface area contributed by atoms with E-state index in [0.29, 0.717) is 33.7 Å². The molecule has 6 aromatic rings. The molecule has 0 fully saturated rings. The van der Waals surface area contributed by atoms with E-state index < -0.39 is 17.6 Å². The number of nitrogens with one attached hydrogen (secondary N) is 3. The average molecular weight is 584 g/mol. The van der Waals surface area contributed by atoms with Crippen LogP contribution in [0.4, 0.5) is 23.4 Å². The van der Waals surface area contributed by atoms with Gasteiger partial charge in [-0.1, -0.05) is 31.1 Å². The largest absolute Gasteiger partial charge is 0.416 e. The van der Waals surface area contributed by atoms with Crippen LogP contribution in [0.25, 0.3) is 44.6 Å². The SMILES string of the molecule is CC.CNN.Cn1cc(-c2nc3nccc(-c4ccc(CNc5noc6ccc(C(F)(F)F)cc56)c(F)c4)c3[nH]2)cn1. The Labute approximate surface area is 237 Å². The maximum atomic E-state index is 15.1. The average Bonchev–Trinajstić information content (AvgIpc) is 3.71. The maximum absolute atomic E-state index is 15.1. The molecule has 0 unspecified atom stereocenters. The molecule has 6 rings (SSSR count). The fraction of sp³-hybridized carbons (Fsp3) is 0.214. The number of halogens is 4. The number of aryl methyl sites for hydroxylation is 1. The number of aromatic nitrogens is 6. The van der Waals surface area contributed by atoms with Gasteiger partial charge < -0.3 is 14.8 Å². The molecule has 2 aromatic carbocycles. The van der Waals surface area contributed by atoms with Crippen molar-refractivity contribution in [2.24, 2.45) is 12.9 Å². The third-order valence-electron chi connectivity index (χ3n) is 5.98. The van der Waals surface area contributed by atoms with Crippen molar-refractivity contribution in [3.8, 4) is 22.5 Å². The number of alkyl halides is 3. The van der Waals surface area contributed by atoms with E-state index in [9.17, 15) is 13.2 Å². The zero-order valence-corrected chi connectivity index (χ0v) is 23.2. The van der Waals surface area contributed by atoms with Gasteiger partial charge in [0.05, 0.1) is 28.2 Å². The second kappa shape index (κ2) is 12.8. The van der Waals surface area contributed by atoms with Gasteiger partial charge in [0.2, 0.25) is 0 Å². The van der Waals surface area contributed by atoms with Crippen molar-refractivity contribution >= 4 is 28.0 Å². The van der Waals surface area contributed by atoms with Crippen molar-refractivity contribution in [3.63, 3.8) is 0 Å². The first kappa shape index (κ1) is 30.1. The molecule has 42 heavy (non-hydrogen) atoms. The van der Waals surface area contributed by atoms with Crippen molar-refractivity contribution < 1.29 is 22.1 Å². The van der Waals surface area contributed by atoms with Gasteiger partial charge in [-0.2, -0.15) is 18.3 Å². The van der Waals surface area contributed by atoms with E-state index in [1.54, 1.807) is 49.4 Å². The number of H-pyrrole nitrogens is 1. The first-order valence-electron chi connectivity index (χ1n) is 12.9. The molecule has 0 atom stereocenters. The first-order chi connectivity index (χ1) is 20.2. The molecule has 220 valence electrons. The molecular weight excluding hydrogens is 554 g/mol. The number of imidazole rings is 1. The van der Waals surface area contributed by atoms with Gasteiger partial charge in [0.25, 0.3) is 0 Å². The molecule has 5 N–H and O–H groups in total. The number of hydrogen-bond donors (Lipinski definition) is 4. The lowest BCUT2D eigenvalue weighted by Gasteiger charge is -2.09. The standard InChI is InChI=1S/C25H17F4N7O.C2H6.CH6N2/c1-36-12-15(11-32-36)22-33-21-17(6-7-30-24(21)34-22)13-2-3-14(19(26)8-13)10-31-23-18-9-16(25(27,28)29)4-5-20(18)37-35-23;1-2;1-3-2/h2-9,11-12H,10H2,1H3,(H,31,35)(H,30,33,34);1-2H3;3H,2H2,1H3. The molecular formula is C28H29F4N9O. The monoisotopic (exact) mass is 583 g/mol. The van der Waals surface area contributed by atoms with Crippen molar-refractivity contribution in [3.05, 3.63) is 78.0 Å². The number of nitrogens with two attached hydrogens (primary N) is 1. The third-order valence-corrected chi connectivity index (χ3v) is 5.98. The van der Waals surface area contributed by atoms with E-state index in [1.807, 2.05) is 20.0 Å². The zero-order valence-electron chi connectivity index (χ0n) is 23.2. The molecule has 0 radical (unpaired) electrons. The van der Waals surface area contributed by atoms with Crippen LogP contribution in [0.15, 0.2) is 65.6 Å². The summed E-state index contributed by atoms with van der Waals surface area (Å²) < 4.78 is 61.1. The summed E-state index contributed by atoms with van der Waals surface area (Å²) in [4.78, 5) is 12.1. The van der Waals surface area contributed by atoms with Crippen LogP contribution >= 0.6 is 0 Å². The predicted octanol–water partition coefficient (Wildman–Crippen LogP) is 6.04. The van der Waals surface area contributed by atoms with Gasteiger partial charge in [0.1, 0.15) is 11.6 Å². The molecule has 0 aliphatic rings. The van der Waals surface area contributed by atoms with Crippen molar-refractivity contribution in [1.29, 1.82) is 0 Å². The lowest BCUT2D eigenvalue weighted by molar-refractivity contribution is -0.137. The van der Waals surface area contributed by atoms with E-state index in [4.69, 9.17) is 4.52 Å². The second-order valence-corrected chi connectivity index (χ2v) is 8.73. The van der Waals surface area contributed by atoms with Gasteiger partial charge in [-0.3, -0.25) is 16.0 Å². The van der Waals surface area contributed by atoms with E-state index in [2.05, 4.69) is 41.8 Å². The minimum Gasteiger partial charge on any atom is -0.363 e. The molecule has 4 heterocycles. The minimum atomic E-state index is -4.50. The first-order valence-corrected chi connectivity index (χ1v) is 12.9. The summed E-state index contributed by atoms with van der Waals surface area (Å²) in [5.74, 6) is 4.80. The van der Waals surface area contributed by atoms with Gasteiger partial charge in [-0.05, 0) is 42.9 Å². The summed E-state index contributed by atoms with van der Waals surface area (Å²) in [7, 11) is 3.46. The smallest absolute Gasteiger partial charge is 0.363 e. The van der Waals surface area contributed by atoms with Crippen molar-refractivity contribution in [1.82, 2.24) is 35.3 Å². The van der Waals surface area contributed by atoms with E-state index >= 15 is 4.39 Å². The van der Waals surface area contributed by atoms with Crippen LogP contribution in [-0.4, -0.2) is 36.9 Å². The molecule has 0 saturated carbocycles. The Kier molecular flexibility index (Phi) is 9.18. The van der Waals surface area contributed by atoms with Gasteiger partial charge in [-0.15, -0.1) is 0 Å². The predicted molar refractivity (Wildman–Crippen MR) is 152 cm³/mol. The van der Waals surface area contributed by atoms with Gasteiger partial charge in [0.15, 0.2) is 17.0 Å². The Bertz CT molecular complexity index is 1790. The lowest BCUT2D eigenvalue weighted by Crippen LogP contribution is -2.13. The lowest BCUT2D eigenvalue weighted by atomic mass is 10.0. The van der Waals surface area contributed by atoms with Crippen LogP contribution in [0.3, 0.4) is 0 Å². The van der Waals surface area contributed by atoms with Crippen LogP contribution in [-0.2, 0) is 19.8 Å². The highest BCUT2D eigenvalue weighted by Gasteiger charge is 2.31. The summed E-state index contributed by atoms with van der Waals surface area (Å²) in [5, 5.41) is 11.0. The van der Waals surface area contributed by atoms with Gasteiger partial charge >= 0.3 is 6.18 Å². The zero-order chi connectivity index (χ0) is 30.4. The molecule has 0 aliphatic heterocycles. The number of fused-ring (bicyclic) bond motifs is 2. The number of nitrogens with zero attached hydrogens (tertiary/aromatic N) is 5. The van der Waals surface area contributed by atoms with Crippen LogP contribution in [0.5, 0.6) is 0 Å². The van der Waals surface area contributed by atoms with Crippen LogP contribution < -0.4 is 16.6 Å². The third kappa shape index (κ3) is 6.39. The van der Waals surface area contributed by atoms with Crippen molar-refractivity contribution in [2.75, 3.05) is 12.4 Å². The second-order valence-electron chi connectivity index (χ2n) is 8.73. The topological polar surface area (TPSA) is 136 Å². The number of hydrazine groups is 1. The highest BCUT2D eigenvalue weighted by atomic mass is 19.4. The molecule has 0 bridgehead atoms. The van der Waals surface area contributed by atoms with E-state index in [0.717, 1.165) is 17.7 Å². The summed E-state index contributed by atoms with van der Waals surface area (Å²) in [5.41, 5.74) is 5.18. The quantitative estimate of drug-likeness (QED) is 0.110. The summed E-state index contributed by atoms with van der Waals surface area (Å²) in [6.07, 6.45) is 0.599. The molecule has 14 heteroatoms. The number of pyridine rings is 1. The molecule has 0 saturated heterocycles. The number of aromatic amines is 1. The molecule has 0 aliphatic carbocycles. The Balaban J connectivity index is 0.000000763. The Hall–Kier alpha value is -4.82. The molecule has 0 amide bonds. The van der Waals surface area contributed by atoms with Gasteiger partial charge in [0, 0.05) is 37.1 Å². The Morgan fingerprint density at radius 2 is 1.83 bits per heavy atom. The van der Waals surface area contributed by atoms with E-state index in [-0.39, 0.29) is 23.3 Å². The van der Waals surface area contributed by atoms with Gasteiger partial charge in [-0.25, -0.2) is 14.4 Å². The molecule has 0 spiro atoms. The van der Waals surface area contributed by atoms with Crippen LogP contribution in [0, 0.1) is 5.82 Å².